The Morgan fingerprint density at radius 2 is 1.85 bits per heavy atom. The van der Waals surface area contributed by atoms with Crippen LogP contribution in [0.25, 0.3) is 0 Å². The highest BCUT2D eigenvalue weighted by Crippen LogP contribution is 2.31. The first kappa shape index (κ1) is 17.0. The first-order valence-electron chi connectivity index (χ1n) is 6.40. The minimum absolute atomic E-state index is 0.321. The summed E-state index contributed by atoms with van der Waals surface area (Å²) in [5.41, 5.74) is -0.484. The molecule has 20 heavy (non-hydrogen) atoms. The Labute approximate surface area is 129 Å². The number of nitrogens with one attached hydrogen (secondary N) is 1. The molecule has 0 fully saturated rings. The predicted octanol–water partition coefficient (Wildman–Crippen LogP) is 3.61. The van der Waals surface area contributed by atoms with Crippen LogP contribution in [0.15, 0.2) is 28.7 Å². The Kier molecular flexibility index (Phi) is 5.59. The number of rotatable bonds is 6. The van der Waals surface area contributed by atoms with Crippen LogP contribution in [0.1, 0.15) is 27.2 Å². The summed E-state index contributed by atoms with van der Waals surface area (Å²) in [4.78, 5) is 12.2. The average molecular weight is 344 g/mol. The van der Waals surface area contributed by atoms with Crippen molar-refractivity contribution in [2.45, 2.75) is 38.3 Å². The van der Waals surface area contributed by atoms with Gasteiger partial charge in [0, 0.05) is 23.7 Å². The van der Waals surface area contributed by atoms with Crippen molar-refractivity contribution in [3.63, 3.8) is 0 Å². The standard InChI is InChI=1S/C15H22BrNO3/c1-14(2,20-5)10-15(3,13(18)19-4)17-12-9-7-6-8-11(12)16/h6-9,17H,10H2,1-5H3. The second kappa shape index (κ2) is 6.59. The normalized spacial score (nSPS) is 14.5. The first-order valence-corrected chi connectivity index (χ1v) is 7.20. The molecule has 0 spiro atoms. The van der Waals surface area contributed by atoms with E-state index in [1.165, 1.54) is 7.11 Å². The van der Waals surface area contributed by atoms with Crippen LogP contribution in [0, 0.1) is 0 Å². The Morgan fingerprint density at radius 1 is 1.25 bits per heavy atom. The Balaban J connectivity index is 3.07. The Bertz CT molecular complexity index is 476. The number of carbonyl (C=O) groups is 1. The van der Waals surface area contributed by atoms with E-state index in [4.69, 9.17) is 9.47 Å². The van der Waals surface area contributed by atoms with Crippen LogP contribution >= 0.6 is 15.9 Å². The summed E-state index contributed by atoms with van der Waals surface area (Å²) in [5.74, 6) is -0.321. The van der Waals surface area contributed by atoms with Gasteiger partial charge >= 0.3 is 5.97 Å². The quantitative estimate of drug-likeness (QED) is 0.801. The minimum Gasteiger partial charge on any atom is -0.467 e. The molecule has 0 amide bonds. The number of halogens is 1. The third-order valence-electron chi connectivity index (χ3n) is 3.25. The highest BCUT2D eigenvalue weighted by molar-refractivity contribution is 9.10. The smallest absolute Gasteiger partial charge is 0.331 e. The van der Waals surface area contributed by atoms with Crippen molar-refractivity contribution in [2.24, 2.45) is 0 Å². The molecule has 1 unspecified atom stereocenters. The van der Waals surface area contributed by atoms with E-state index < -0.39 is 11.1 Å². The SMILES string of the molecule is COC(=O)C(C)(CC(C)(C)OC)Nc1ccccc1Br. The first-order chi connectivity index (χ1) is 9.24. The molecular formula is C15H22BrNO3. The summed E-state index contributed by atoms with van der Waals surface area (Å²) in [6.45, 7) is 5.70. The largest absolute Gasteiger partial charge is 0.467 e. The van der Waals surface area contributed by atoms with Crippen molar-refractivity contribution in [2.75, 3.05) is 19.5 Å². The molecule has 1 N–H and O–H groups in total. The fourth-order valence-corrected chi connectivity index (χ4v) is 2.56. The van der Waals surface area contributed by atoms with Gasteiger partial charge in [-0.05, 0) is 48.8 Å². The number of hydrogen-bond donors (Lipinski definition) is 1. The van der Waals surface area contributed by atoms with E-state index >= 15 is 0 Å². The molecule has 1 atom stereocenters. The maximum Gasteiger partial charge on any atom is 0.331 e. The van der Waals surface area contributed by atoms with E-state index in [1.54, 1.807) is 7.11 Å². The number of hydrogen-bond acceptors (Lipinski definition) is 4. The van der Waals surface area contributed by atoms with Gasteiger partial charge in [0.05, 0.1) is 12.7 Å². The molecule has 0 aliphatic carbocycles. The van der Waals surface area contributed by atoms with Gasteiger partial charge in [-0.1, -0.05) is 12.1 Å². The molecule has 1 aromatic carbocycles. The number of esters is 1. The number of carbonyl (C=O) groups excluding carboxylic acids is 1. The van der Waals surface area contributed by atoms with Gasteiger partial charge in [0.1, 0.15) is 5.54 Å². The van der Waals surface area contributed by atoms with Gasteiger partial charge in [-0.2, -0.15) is 0 Å². The predicted molar refractivity (Wildman–Crippen MR) is 83.9 cm³/mol. The van der Waals surface area contributed by atoms with Gasteiger partial charge in [0.15, 0.2) is 0 Å². The summed E-state index contributed by atoms with van der Waals surface area (Å²) in [5, 5.41) is 3.26. The van der Waals surface area contributed by atoms with Crippen LogP contribution in [-0.4, -0.2) is 31.3 Å². The monoisotopic (exact) mass is 343 g/mol. The van der Waals surface area contributed by atoms with E-state index in [0.29, 0.717) is 6.42 Å². The molecular weight excluding hydrogens is 322 g/mol. The van der Waals surface area contributed by atoms with Crippen molar-refractivity contribution in [3.8, 4) is 0 Å². The zero-order chi connectivity index (χ0) is 15.4. The molecule has 0 aromatic heterocycles. The second-order valence-corrected chi connectivity index (χ2v) is 6.42. The lowest BCUT2D eigenvalue weighted by Crippen LogP contribution is -2.49. The summed E-state index contributed by atoms with van der Waals surface area (Å²) in [6, 6.07) is 7.66. The van der Waals surface area contributed by atoms with Crippen LogP contribution in [0.3, 0.4) is 0 Å². The van der Waals surface area contributed by atoms with Gasteiger partial charge in [0.25, 0.3) is 0 Å². The van der Waals surface area contributed by atoms with Crippen molar-refractivity contribution in [3.05, 3.63) is 28.7 Å². The third-order valence-corrected chi connectivity index (χ3v) is 3.94. The van der Waals surface area contributed by atoms with Gasteiger partial charge in [-0.15, -0.1) is 0 Å². The van der Waals surface area contributed by atoms with Gasteiger partial charge in [-0.3, -0.25) is 0 Å². The summed E-state index contributed by atoms with van der Waals surface area (Å²) in [7, 11) is 3.03. The molecule has 0 radical (unpaired) electrons. The maximum absolute atomic E-state index is 12.2. The lowest BCUT2D eigenvalue weighted by atomic mass is 9.87. The molecule has 5 heteroatoms. The Hall–Kier alpha value is -1.07. The fraction of sp³-hybridized carbons (Fsp3) is 0.533. The molecule has 1 aromatic rings. The van der Waals surface area contributed by atoms with Crippen molar-refractivity contribution >= 4 is 27.6 Å². The number of benzene rings is 1. The van der Waals surface area contributed by atoms with Crippen LogP contribution in [0.2, 0.25) is 0 Å². The lowest BCUT2D eigenvalue weighted by Gasteiger charge is -2.36. The van der Waals surface area contributed by atoms with E-state index in [9.17, 15) is 4.79 Å². The van der Waals surface area contributed by atoms with Gasteiger partial charge in [0.2, 0.25) is 0 Å². The average Bonchev–Trinajstić information content (AvgIpc) is 2.40. The lowest BCUT2D eigenvalue weighted by molar-refractivity contribution is -0.148. The summed E-state index contributed by atoms with van der Waals surface area (Å²) >= 11 is 3.47. The minimum atomic E-state index is -0.877. The van der Waals surface area contributed by atoms with Crippen molar-refractivity contribution in [1.29, 1.82) is 0 Å². The molecule has 0 saturated heterocycles. The van der Waals surface area contributed by atoms with Crippen LogP contribution in [0.4, 0.5) is 5.69 Å². The van der Waals surface area contributed by atoms with E-state index in [-0.39, 0.29) is 5.97 Å². The van der Waals surface area contributed by atoms with Crippen LogP contribution < -0.4 is 5.32 Å². The molecule has 0 aliphatic heterocycles. The van der Waals surface area contributed by atoms with E-state index in [0.717, 1.165) is 10.2 Å². The summed E-state index contributed by atoms with van der Waals surface area (Å²) in [6.07, 6.45) is 0.477. The van der Waals surface area contributed by atoms with Crippen LogP contribution in [0.5, 0.6) is 0 Å². The third kappa shape index (κ3) is 4.21. The van der Waals surface area contributed by atoms with Gasteiger partial charge < -0.3 is 14.8 Å². The molecule has 0 saturated carbocycles. The van der Waals surface area contributed by atoms with Crippen LogP contribution in [-0.2, 0) is 14.3 Å². The second-order valence-electron chi connectivity index (χ2n) is 5.57. The number of methoxy groups -OCH3 is 2. The maximum atomic E-state index is 12.2. The zero-order valence-electron chi connectivity index (χ0n) is 12.6. The van der Waals surface area contributed by atoms with E-state index in [2.05, 4.69) is 21.2 Å². The number of ether oxygens (including phenoxy) is 2. The number of para-hydroxylation sites is 1. The van der Waals surface area contributed by atoms with Crippen molar-refractivity contribution < 1.29 is 14.3 Å². The Morgan fingerprint density at radius 3 is 2.35 bits per heavy atom. The topological polar surface area (TPSA) is 47.6 Å². The highest BCUT2D eigenvalue weighted by atomic mass is 79.9. The molecule has 4 nitrogen and oxygen atoms in total. The number of anilines is 1. The molecule has 1 rings (SSSR count). The zero-order valence-corrected chi connectivity index (χ0v) is 14.2. The van der Waals surface area contributed by atoms with Gasteiger partial charge in [-0.25, -0.2) is 4.79 Å². The fourth-order valence-electron chi connectivity index (χ4n) is 2.18. The highest BCUT2D eigenvalue weighted by Gasteiger charge is 2.40. The molecule has 0 heterocycles. The van der Waals surface area contributed by atoms with E-state index in [1.807, 2.05) is 45.0 Å². The molecule has 112 valence electrons. The molecule has 0 aliphatic rings. The summed E-state index contributed by atoms with van der Waals surface area (Å²) < 4.78 is 11.3. The van der Waals surface area contributed by atoms with Crippen molar-refractivity contribution in [1.82, 2.24) is 0 Å². The molecule has 0 bridgehead atoms.